The van der Waals surface area contributed by atoms with Crippen molar-refractivity contribution in [3.05, 3.63) is 41.3 Å². The molecule has 1 aromatic heterocycles. The molecule has 1 N–H and O–H groups in total. The molecule has 8 heteroatoms. The number of fused-ring (bicyclic) bond motifs is 1. The van der Waals surface area contributed by atoms with Gasteiger partial charge < -0.3 is 19.6 Å². The van der Waals surface area contributed by atoms with Crippen LogP contribution in [0.25, 0.3) is 0 Å². The number of carbonyl (C=O) groups excluding carboxylic acids is 3. The minimum absolute atomic E-state index is 0.0341. The van der Waals surface area contributed by atoms with Crippen LogP contribution in [0.2, 0.25) is 0 Å². The Morgan fingerprint density at radius 2 is 2.00 bits per heavy atom. The molecule has 2 heterocycles. The maximum absolute atomic E-state index is 12.6. The first-order valence-electron chi connectivity index (χ1n) is 8.71. The predicted octanol–water partition coefficient (Wildman–Crippen LogP) is 2.02. The Morgan fingerprint density at radius 3 is 2.70 bits per heavy atom. The van der Waals surface area contributed by atoms with Gasteiger partial charge in [0.05, 0.1) is 23.6 Å². The van der Waals surface area contributed by atoms with E-state index in [-0.39, 0.29) is 37.1 Å². The summed E-state index contributed by atoms with van der Waals surface area (Å²) in [7, 11) is 1.68. The third-order valence-corrected chi connectivity index (χ3v) is 4.63. The molecule has 0 bridgehead atoms. The zero-order chi connectivity index (χ0) is 19.6. The number of hydrogen-bond acceptors (Lipinski definition) is 5. The van der Waals surface area contributed by atoms with Gasteiger partial charge >= 0.3 is 0 Å². The van der Waals surface area contributed by atoms with Crippen LogP contribution in [0.15, 0.2) is 28.8 Å². The summed E-state index contributed by atoms with van der Waals surface area (Å²) in [4.78, 5) is 39.8. The molecule has 0 atom stereocenters. The minimum Gasteiger partial charge on any atom is -0.361 e. The second-order valence-corrected chi connectivity index (χ2v) is 6.60. The lowest BCUT2D eigenvalue weighted by Gasteiger charge is -2.29. The van der Waals surface area contributed by atoms with Crippen molar-refractivity contribution in [1.29, 1.82) is 0 Å². The van der Waals surface area contributed by atoms with E-state index in [4.69, 9.17) is 4.52 Å². The average molecular weight is 370 g/mol. The van der Waals surface area contributed by atoms with Gasteiger partial charge in [0.1, 0.15) is 12.3 Å². The zero-order valence-electron chi connectivity index (χ0n) is 15.6. The van der Waals surface area contributed by atoms with Crippen molar-refractivity contribution in [2.75, 3.05) is 23.8 Å². The molecule has 3 amide bonds. The summed E-state index contributed by atoms with van der Waals surface area (Å²) < 4.78 is 5.11. The van der Waals surface area contributed by atoms with E-state index in [0.29, 0.717) is 23.7 Å². The van der Waals surface area contributed by atoms with Crippen molar-refractivity contribution in [3.8, 4) is 0 Å². The number of aryl methyl sites for hydroxylation is 2. The lowest BCUT2D eigenvalue weighted by molar-refractivity contribution is -0.132. The SMILES string of the molecule is Cc1noc(C)c1CN(C)C(=O)CCC(=O)N1CC(=O)Nc2ccccc21. The molecule has 1 aliphatic rings. The van der Waals surface area contributed by atoms with E-state index in [0.717, 1.165) is 11.3 Å². The minimum atomic E-state index is -0.253. The summed E-state index contributed by atoms with van der Waals surface area (Å²) >= 11 is 0. The van der Waals surface area contributed by atoms with Crippen LogP contribution in [-0.2, 0) is 20.9 Å². The van der Waals surface area contributed by atoms with E-state index in [1.165, 1.54) is 4.90 Å². The average Bonchev–Trinajstić information content (AvgIpc) is 2.96. The van der Waals surface area contributed by atoms with Crippen molar-refractivity contribution in [3.63, 3.8) is 0 Å². The fourth-order valence-electron chi connectivity index (χ4n) is 3.05. The summed E-state index contributed by atoms with van der Waals surface area (Å²) in [5.41, 5.74) is 2.88. The van der Waals surface area contributed by atoms with E-state index in [9.17, 15) is 14.4 Å². The Kier molecular flexibility index (Phi) is 5.25. The van der Waals surface area contributed by atoms with Crippen molar-refractivity contribution < 1.29 is 18.9 Å². The highest BCUT2D eigenvalue weighted by Crippen LogP contribution is 2.29. The predicted molar refractivity (Wildman–Crippen MR) is 99.1 cm³/mol. The van der Waals surface area contributed by atoms with Crippen molar-refractivity contribution in [1.82, 2.24) is 10.1 Å². The summed E-state index contributed by atoms with van der Waals surface area (Å²) in [6.45, 7) is 3.96. The summed E-state index contributed by atoms with van der Waals surface area (Å²) in [6.07, 6.45) is 0.103. The lowest BCUT2D eigenvalue weighted by atomic mass is 10.1. The molecule has 0 saturated carbocycles. The molecule has 0 spiro atoms. The normalized spacial score (nSPS) is 13.1. The number of amides is 3. The van der Waals surface area contributed by atoms with Gasteiger partial charge in [0.25, 0.3) is 0 Å². The smallest absolute Gasteiger partial charge is 0.244 e. The largest absolute Gasteiger partial charge is 0.361 e. The van der Waals surface area contributed by atoms with E-state index >= 15 is 0 Å². The van der Waals surface area contributed by atoms with Crippen LogP contribution >= 0.6 is 0 Å². The molecule has 0 saturated heterocycles. The first kappa shape index (κ1) is 18.6. The molecule has 27 heavy (non-hydrogen) atoms. The highest BCUT2D eigenvalue weighted by atomic mass is 16.5. The molecule has 0 fully saturated rings. The number of anilines is 2. The third kappa shape index (κ3) is 3.99. The van der Waals surface area contributed by atoms with Gasteiger partial charge in [0.15, 0.2) is 0 Å². The standard InChI is InChI=1S/C19H22N4O4/c1-12-14(13(2)27-21-12)10-22(3)18(25)8-9-19(26)23-11-17(24)20-15-6-4-5-7-16(15)23/h4-7H,8-11H2,1-3H3,(H,20,24). The van der Waals surface area contributed by atoms with Crippen LogP contribution in [0.4, 0.5) is 11.4 Å². The van der Waals surface area contributed by atoms with Crippen LogP contribution in [-0.4, -0.2) is 41.4 Å². The van der Waals surface area contributed by atoms with Gasteiger partial charge in [-0.25, -0.2) is 0 Å². The van der Waals surface area contributed by atoms with Crippen molar-refractivity contribution in [2.24, 2.45) is 0 Å². The second kappa shape index (κ2) is 7.61. The number of nitrogens with one attached hydrogen (secondary N) is 1. The van der Waals surface area contributed by atoms with Crippen LogP contribution in [0.1, 0.15) is 29.9 Å². The van der Waals surface area contributed by atoms with Gasteiger partial charge in [-0.3, -0.25) is 14.4 Å². The Hall–Kier alpha value is -3.16. The maximum atomic E-state index is 12.6. The molecular formula is C19H22N4O4. The highest BCUT2D eigenvalue weighted by Gasteiger charge is 2.27. The van der Waals surface area contributed by atoms with E-state index in [1.54, 1.807) is 43.1 Å². The fraction of sp³-hybridized carbons (Fsp3) is 0.368. The molecule has 0 radical (unpaired) electrons. The Morgan fingerprint density at radius 1 is 1.26 bits per heavy atom. The fourth-order valence-corrected chi connectivity index (χ4v) is 3.05. The molecule has 1 aromatic carbocycles. The first-order valence-corrected chi connectivity index (χ1v) is 8.71. The molecule has 0 unspecified atom stereocenters. The number of para-hydroxylation sites is 2. The van der Waals surface area contributed by atoms with E-state index < -0.39 is 0 Å². The van der Waals surface area contributed by atoms with Crippen molar-refractivity contribution >= 4 is 29.1 Å². The van der Waals surface area contributed by atoms with Crippen LogP contribution < -0.4 is 10.2 Å². The van der Waals surface area contributed by atoms with Gasteiger partial charge in [0.2, 0.25) is 17.7 Å². The van der Waals surface area contributed by atoms with Gasteiger partial charge in [-0.1, -0.05) is 17.3 Å². The van der Waals surface area contributed by atoms with Gasteiger partial charge in [-0.15, -0.1) is 0 Å². The second-order valence-electron chi connectivity index (χ2n) is 6.60. The number of nitrogens with zero attached hydrogens (tertiary/aromatic N) is 3. The summed E-state index contributed by atoms with van der Waals surface area (Å²) in [5, 5.41) is 6.62. The number of hydrogen-bond donors (Lipinski definition) is 1. The Bertz CT molecular complexity index is 870. The van der Waals surface area contributed by atoms with E-state index in [2.05, 4.69) is 10.5 Å². The monoisotopic (exact) mass is 370 g/mol. The number of benzene rings is 1. The molecular weight excluding hydrogens is 348 g/mol. The lowest BCUT2D eigenvalue weighted by Crippen LogP contribution is -2.42. The maximum Gasteiger partial charge on any atom is 0.244 e. The molecule has 2 aromatic rings. The quantitative estimate of drug-likeness (QED) is 0.869. The summed E-state index contributed by atoms with van der Waals surface area (Å²) in [5.74, 6) is 0.0255. The van der Waals surface area contributed by atoms with Crippen LogP contribution in [0, 0.1) is 13.8 Å². The summed E-state index contributed by atoms with van der Waals surface area (Å²) in [6, 6.07) is 7.12. The zero-order valence-corrected chi connectivity index (χ0v) is 15.6. The van der Waals surface area contributed by atoms with E-state index in [1.807, 2.05) is 6.92 Å². The molecule has 3 rings (SSSR count). The topological polar surface area (TPSA) is 95.8 Å². The number of carbonyl (C=O) groups is 3. The molecule has 8 nitrogen and oxygen atoms in total. The number of rotatable bonds is 5. The Balaban J connectivity index is 1.60. The number of aromatic nitrogens is 1. The van der Waals surface area contributed by atoms with Gasteiger partial charge in [-0.2, -0.15) is 0 Å². The first-order chi connectivity index (χ1) is 12.9. The van der Waals surface area contributed by atoms with Crippen LogP contribution in [0.5, 0.6) is 0 Å². The van der Waals surface area contributed by atoms with Crippen molar-refractivity contribution in [2.45, 2.75) is 33.2 Å². The van der Waals surface area contributed by atoms with Gasteiger partial charge in [-0.05, 0) is 26.0 Å². The molecule has 1 aliphatic heterocycles. The third-order valence-electron chi connectivity index (χ3n) is 4.63. The molecule has 142 valence electrons. The Labute approximate surface area is 157 Å². The van der Waals surface area contributed by atoms with Crippen LogP contribution in [0.3, 0.4) is 0 Å². The highest BCUT2D eigenvalue weighted by molar-refractivity contribution is 6.10. The molecule has 0 aliphatic carbocycles. The van der Waals surface area contributed by atoms with Gasteiger partial charge in [0, 0.05) is 25.5 Å².